The summed E-state index contributed by atoms with van der Waals surface area (Å²) < 4.78 is 0. The van der Waals surface area contributed by atoms with E-state index in [-0.39, 0.29) is 12.6 Å². The number of carbonyl (C=O) groups excluding carboxylic acids is 1. The van der Waals surface area contributed by atoms with E-state index in [1.165, 1.54) is 4.90 Å². The zero-order valence-electron chi connectivity index (χ0n) is 12.5. The van der Waals surface area contributed by atoms with Crippen LogP contribution in [0, 0.1) is 5.92 Å². The first-order valence-corrected chi connectivity index (χ1v) is 7.26. The van der Waals surface area contributed by atoms with Gasteiger partial charge >= 0.3 is 12.0 Å². The summed E-state index contributed by atoms with van der Waals surface area (Å²) in [7, 11) is 0. The second-order valence-corrected chi connectivity index (χ2v) is 5.61. The van der Waals surface area contributed by atoms with Crippen molar-refractivity contribution in [2.24, 2.45) is 5.92 Å². The molecule has 21 heavy (non-hydrogen) atoms. The highest BCUT2D eigenvalue weighted by atomic mass is 35.5. The Morgan fingerprint density at radius 3 is 2.24 bits per heavy atom. The summed E-state index contributed by atoms with van der Waals surface area (Å²) in [6, 6.07) is 6.25. The molecule has 0 radical (unpaired) electrons. The second-order valence-electron chi connectivity index (χ2n) is 5.17. The first-order chi connectivity index (χ1) is 9.85. The maximum atomic E-state index is 12.6. The van der Waals surface area contributed by atoms with Crippen molar-refractivity contribution < 1.29 is 14.7 Å². The van der Waals surface area contributed by atoms with Gasteiger partial charge in [-0.2, -0.15) is 0 Å². The Labute approximate surface area is 130 Å². The molecule has 0 unspecified atom stereocenters. The zero-order valence-corrected chi connectivity index (χ0v) is 13.3. The lowest BCUT2D eigenvalue weighted by molar-refractivity contribution is -0.135. The number of urea groups is 1. The van der Waals surface area contributed by atoms with Crippen molar-refractivity contribution >= 4 is 29.3 Å². The molecular weight excluding hydrogens is 292 g/mol. The molecular formula is C15H21ClN2O3. The molecule has 5 nitrogen and oxygen atoms in total. The van der Waals surface area contributed by atoms with Gasteiger partial charge in [-0.25, -0.2) is 4.79 Å². The third kappa shape index (κ3) is 5.27. The van der Waals surface area contributed by atoms with Gasteiger partial charge in [-0.05, 0) is 37.1 Å². The van der Waals surface area contributed by atoms with E-state index in [0.717, 1.165) is 0 Å². The van der Waals surface area contributed by atoms with E-state index in [2.05, 4.69) is 0 Å². The van der Waals surface area contributed by atoms with Crippen LogP contribution in [0.4, 0.5) is 10.5 Å². The molecule has 1 N–H and O–H groups in total. The molecule has 1 rings (SSSR count). The van der Waals surface area contributed by atoms with Crippen molar-refractivity contribution in [1.82, 2.24) is 4.90 Å². The van der Waals surface area contributed by atoms with Gasteiger partial charge in [0.05, 0.1) is 0 Å². The quantitative estimate of drug-likeness (QED) is 0.876. The van der Waals surface area contributed by atoms with Crippen LogP contribution in [0.25, 0.3) is 0 Å². The van der Waals surface area contributed by atoms with Gasteiger partial charge in [0.15, 0.2) is 0 Å². The molecule has 1 aromatic rings. The summed E-state index contributed by atoms with van der Waals surface area (Å²) in [5.41, 5.74) is 0.522. The van der Waals surface area contributed by atoms with E-state index in [0.29, 0.717) is 29.7 Å². The van der Waals surface area contributed by atoms with Crippen LogP contribution >= 0.6 is 11.6 Å². The fourth-order valence-corrected chi connectivity index (χ4v) is 2.11. The summed E-state index contributed by atoms with van der Waals surface area (Å²) in [5.74, 6) is -0.746. The molecule has 0 aliphatic rings. The number of rotatable bonds is 6. The van der Waals surface area contributed by atoms with E-state index < -0.39 is 5.97 Å². The smallest absolute Gasteiger partial charge is 0.325 e. The van der Waals surface area contributed by atoms with Crippen LogP contribution < -0.4 is 4.90 Å². The number of hydrogen-bond acceptors (Lipinski definition) is 2. The first-order valence-electron chi connectivity index (χ1n) is 6.89. The molecule has 6 heteroatoms. The van der Waals surface area contributed by atoms with E-state index >= 15 is 0 Å². The van der Waals surface area contributed by atoms with Crippen LogP contribution in [0.5, 0.6) is 0 Å². The summed E-state index contributed by atoms with van der Waals surface area (Å²) in [6.07, 6.45) is 0. The van der Waals surface area contributed by atoms with Crippen LogP contribution in [-0.4, -0.2) is 41.6 Å². The van der Waals surface area contributed by atoms with Crippen LogP contribution in [0.1, 0.15) is 20.8 Å². The van der Waals surface area contributed by atoms with Crippen molar-refractivity contribution in [3.63, 3.8) is 0 Å². The fraction of sp³-hybridized carbons (Fsp3) is 0.467. The molecule has 2 amide bonds. The monoisotopic (exact) mass is 312 g/mol. The van der Waals surface area contributed by atoms with Crippen LogP contribution in [0.15, 0.2) is 24.3 Å². The Morgan fingerprint density at radius 1 is 1.24 bits per heavy atom. The van der Waals surface area contributed by atoms with Crippen molar-refractivity contribution in [3.05, 3.63) is 29.3 Å². The van der Waals surface area contributed by atoms with Gasteiger partial charge in [0, 0.05) is 23.8 Å². The highest BCUT2D eigenvalue weighted by molar-refractivity contribution is 6.30. The number of amides is 2. The van der Waals surface area contributed by atoms with Crippen LogP contribution in [0.2, 0.25) is 5.02 Å². The highest BCUT2D eigenvalue weighted by Gasteiger charge is 2.24. The molecule has 0 aliphatic carbocycles. The number of anilines is 1. The molecule has 1 aromatic carbocycles. The SMILES string of the molecule is CCN(CC(C)C)C(=O)N(CC(=O)O)c1ccc(Cl)cc1. The number of carbonyl (C=O) groups is 2. The number of nitrogens with zero attached hydrogens (tertiary/aromatic N) is 2. The van der Waals surface area contributed by atoms with E-state index in [1.807, 2.05) is 20.8 Å². The average molecular weight is 313 g/mol. The lowest BCUT2D eigenvalue weighted by Gasteiger charge is -2.30. The minimum Gasteiger partial charge on any atom is -0.480 e. The Hall–Kier alpha value is -1.75. The molecule has 0 aromatic heterocycles. The average Bonchev–Trinajstić information content (AvgIpc) is 2.42. The van der Waals surface area contributed by atoms with E-state index in [4.69, 9.17) is 16.7 Å². The van der Waals surface area contributed by atoms with Gasteiger partial charge in [0.1, 0.15) is 6.54 Å². The second kappa shape index (κ2) is 7.88. The molecule has 0 saturated carbocycles. The zero-order chi connectivity index (χ0) is 16.0. The van der Waals surface area contributed by atoms with Crippen molar-refractivity contribution in [3.8, 4) is 0 Å². The number of halogens is 1. The van der Waals surface area contributed by atoms with E-state index in [1.54, 1.807) is 29.2 Å². The van der Waals surface area contributed by atoms with Gasteiger partial charge in [0.2, 0.25) is 0 Å². The van der Waals surface area contributed by atoms with Crippen molar-refractivity contribution in [2.45, 2.75) is 20.8 Å². The third-order valence-corrected chi connectivity index (χ3v) is 3.15. The van der Waals surface area contributed by atoms with Gasteiger partial charge in [-0.15, -0.1) is 0 Å². The van der Waals surface area contributed by atoms with Crippen LogP contribution in [0.3, 0.4) is 0 Å². The number of benzene rings is 1. The molecule has 0 spiro atoms. The van der Waals surface area contributed by atoms with Crippen LogP contribution in [-0.2, 0) is 4.79 Å². The first kappa shape index (κ1) is 17.3. The highest BCUT2D eigenvalue weighted by Crippen LogP contribution is 2.19. The van der Waals surface area contributed by atoms with Gasteiger partial charge in [0.25, 0.3) is 0 Å². The van der Waals surface area contributed by atoms with E-state index in [9.17, 15) is 9.59 Å². The number of carboxylic acid groups (broad SMARTS) is 1. The Balaban J connectivity index is 3.03. The molecule has 116 valence electrons. The number of hydrogen-bond donors (Lipinski definition) is 1. The molecule has 0 fully saturated rings. The predicted octanol–water partition coefficient (Wildman–Crippen LogP) is 3.33. The predicted molar refractivity (Wildman–Crippen MR) is 83.9 cm³/mol. The summed E-state index contributed by atoms with van der Waals surface area (Å²) >= 11 is 5.83. The maximum Gasteiger partial charge on any atom is 0.325 e. The lowest BCUT2D eigenvalue weighted by atomic mass is 10.2. The third-order valence-electron chi connectivity index (χ3n) is 2.90. The standard InChI is InChI=1S/C15H21ClN2O3/c1-4-17(9-11(2)3)15(21)18(10-14(19)20)13-7-5-12(16)6-8-13/h5-8,11H,4,9-10H2,1-3H3,(H,19,20). The van der Waals surface area contributed by atoms with Gasteiger partial charge < -0.3 is 10.0 Å². The van der Waals surface area contributed by atoms with Gasteiger partial charge in [-0.1, -0.05) is 25.4 Å². The molecule has 0 heterocycles. The fourth-order valence-electron chi connectivity index (χ4n) is 1.98. The largest absolute Gasteiger partial charge is 0.480 e. The summed E-state index contributed by atoms with van der Waals surface area (Å²) in [6.45, 7) is 6.63. The number of aliphatic carboxylic acids is 1. The summed E-state index contributed by atoms with van der Waals surface area (Å²) in [5, 5.41) is 9.58. The number of carboxylic acids is 1. The minimum absolute atomic E-state index is 0.309. The molecule has 0 saturated heterocycles. The topological polar surface area (TPSA) is 60.9 Å². The minimum atomic E-state index is -1.06. The summed E-state index contributed by atoms with van der Waals surface area (Å²) in [4.78, 5) is 26.5. The van der Waals surface area contributed by atoms with Crippen molar-refractivity contribution in [2.75, 3.05) is 24.5 Å². The normalized spacial score (nSPS) is 10.5. The lowest BCUT2D eigenvalue weighted by Crippen LogP contribution is -2.46. The Kier molecular flexibility index (Phi) is 6.49. The molecule has 0 bridgehead atoms. The Bertz CT molecular complexity index is 488. The molecule has 0 atom stereocenters. The van der Waals surface area contributed by atoms with Gasteiger partial charge in [-0.3, -0.25) is 9.69 Å². The van der Waals surface area contributed by atoms with Crippen molar-refractivity contribution in [1.29, 1.82) is 0 Å². The molecule has 0 aliphatic heterocycles. The maximum absolute atomic E-state index is 12.6. The Morgan fingerprint density at radius 2 is 1.81 bits per heavy atom.